The highest BCUT2D eigenvalue weighted by atomic mass is 16.4. The average Bonchev–Trinajstić information content (AvgIpc) is 2.90. The van der Waals surface area contributed by atoms with Crippen LogP contribution in [0.5, 0.6) is 0 Å². The van der Waals surface area contributed by atoms with Crippen molar-refractivity contribution in [3.05, 3.63) is 48.0 Å². The minimum atomic E-state index is -1.23. The monoisotopic (exact) mass is 281 g/mol. The Bertz CT molecular complexity index is 804. The average molecular weight is 281 g/mol. The van der Waals surface area contributed by atoms with Crippen LogP contribution in [-0.2, 0) is 0 Å². The zero-order valence-electron chi connectivity index (χ0n) is 11.7. The van der Waals surface area contributed by atoms with Crippen LogP contribution in [-0.4, -0.2) is 25.0 Å². The molecule has 0 fully saturated rings. The van der Waals surface area contributed by atoms with Crippen LogP contribution in [0.4, 0.5) is 5.69 Å². The van der Waals surface area contributed by atoms with Crippen LogP contribution in [0.15, 0.2) is 46.9 Å². The largest absolute Gasteiger partial charge is 0.545 e. The summed E-state index contributed by atoms with van der Waals surface area (Å²) in [6.45, 7) is 0. The summed E-state index contributed by atoms with van der Waals surface area (Å²) in [4.78, 5) is 17.2. The number of oxazole rings is 1. The Labute approximate surface area is 121 Å². The van der Waals surface area contributed by atoms with Crippen LogP contribution in [0.25, 0.3) is 22.6 Å². The molecule has 3 rings (SSSR count). The second-order valence-electron chi connectivity index (χ2n) is 4.93. The van der Waals surface area contributed by atoms with Crippen molar-refractivity contribution in [1.82, 2.24) is 4.98 Å². The summed E-state index contributed by atoms with van der Waals surface area (Å²) >= 11 is 0. The van der Waals surface area contributed by atoms with Gasteiger partial charge in [0.15, 0.2) is 5.58 Å². The van der Waals surface area contributed by atoms with Gasteiger partial charge >= 0.3 is 0 Å². The topological polar surface area (TPSA) is 69.4 Å². The molecule has 21 heavy (non-hydrogen) atoms. The number of carbonyl (C=O) groups excluding carboxylic acids is 1. The number of fused-ring (bicyclic) bond motifs is 1. The number of carbonyl (C=O) groups is 1. The lowest BCUT2D eigenvalue weighted by Crippen LogP contribution is -2.21. The van der Waals surface area contributed by atoms with E-state index in [2.05, 4.69) is 4.98 Å². The third kappa shape index (κ3) is 2.45. The number of rotatable bonds is 3. The summed E-state index contributed by atoms with van der Waals surface area (Å²) in [6.07, 6.45) is 0. The molecule has 0 spiro atoms. The van der Waals surface area contributed by atoms with Gasteiger partial charge in [-0.3, -0.25) is 0 Å². The van der Waals surface area contributed by atoms with E-state index in [0.29, 0.717) is 17.0 Å². The Morgan fingerprint density at radius 3 is 2.48 bits per heavy atom. The minimum Gasteiger partial charge on any atom is -0.545 e. The molecule has 0 saturated carbocycles. The molecule has 5 nitrogen and oxygen atoms in total. The zero-order valence-corrected chi connectivity index (χ0v) is 11.7. The summed E-state index contributed by atoms with van der Waals surface area (Å²) in [5.74, 6) is -0.761. The molecule has 5 heteroatoms. The van der Waals surface area contributed by atoms with Gasteiger partial charge in [0.25, 0.3) is 0 Å². The first-order valence-electron chi connectivity index (χ1n) is 6.44. The van der Waals surface area contributed by atoms with Crippen molar-refractivity contribution in [3.8, 4) is 11.5 Å². The first-order chi connectivity index (χ1) is 10.0. The van der Waals surface area contributed by atoms with Crippen molar-refractivity contribution in [1.29, 1.82) is 0 Å². The van der Waals surface area contributed by atoms with E-state index in [1.807, 2.05) is 43.3 Å². The van der Waals surface area contributed by atoms with Crippen LogP contribution in [0.3, 0.4) is 0 Å². The van der Waals surface area contributed by atoms with E-state index in [9.17, 15) is 9.90 Å². The fraction of sp³-hybridized carbons (Fsp3) is 0.125. The SMILES string of the molecule is CN(C)c1ccc(-c2nc3cc(C(=O)[O-])ccc3o2)cc1. The highest BCUT2D eigenvalue weighted by molar-refractivity contribution is 5.91. The van der Waals surface area contributed by atoms with Crippen LogP contribution < -0.4 is 10.0 Å². The molecule has 0 amide bonds. The molecule has 0 aliphatic carbocycles. The molecule has 0 saturated heterocycles. The van der Waals surface area contributed by atoms with Crippen LogP contribution in [0, 0.1) is 0 Å². The van der Waals surface area contributed by atoms with Crippen molar-refractivity contribution < 1.29 is 14.3 Å². The van der Waals surface area contributed by atoms with E-state index in [0.717, 1.165) is 11.3 Å². The fourth-order valence-electron chi connectivity index (χ4n) is 2.08. The Balaban J connectivity index is 2.02. The molecular formula is C16H13N2O3-. The van der Waals surface area contributed by atoms with Gasteiger partial charge in [0, 0.05) is 25.3 Å². The van der Waals surface area contributed by atoms with Crippen molar-refractivity contribution in [2.75, 3.05) is 19.0 Å². The van der Waals surface area contributed by atoms with E-state index >= 15 is 0 Å². The molecule has 0 radical (unpaired) electrons. The molecule has 0 N–H and O–H groups in total. The van der Waals surface area contributed by atoms with E-state index in [1.54, 1.807) is 6.07 Å². The van der Waals surface area contributed by atoms with Gasteiger partial charge in [0.1, 0.15) is 5.52 Å². The number of anilines is 1. The van der Waals surface area contributed by atoms with Gasteiger partial charge < -0.3 is 19.2 Å². The van der Waals surface area contributed by atoms with Crippen molar-refractivity contribution in [2.45, 2.75) is 0 Å². The number of carboxylic acids is 1. The standard InChI is InChI=1S/C16H14N2O3/c1-18(2)12-6-3-10(4-7-12)15-17-13-9-11(16(19)20)5-8-14(13)21-15/h3-9H,1-2H3,(H,19,20)/p-1. The van der Waals surface area contributed by atoms with Crippen LogP contribution in [0.1, 0.15) is 10.4 Å². The lowest BCUT2D eigenvalue weighted by molar-refractivity contribution is -0.255. The van der Waals surface area contributed by atoms with Crippen molar-refractivity contribution in [3.63, 3.8) is 0 Å². The molecule has 0 aliphatic heterocycles. The third-order valence-corrected chi connectivity index (χ3v) is 3.25. The number of benzene rings is 2. The van der Waals surface area contributed by atoms with E-state index in [1.165, 1.54) is 12.1 Å². The van der Waals surface area contributed by atoms with E-state index < -0.39 is 5.97 Å². The lowest BCUT2D eigenvalue weighted by atomic mass is 10.2. The quantitative estimate of drug-likeness (QED) is 0.733. The van der Waals surface area contributed by atoms with Crippen molar-refractivity contribution in [2.24, 2.45) is 0 Å². The lowest BCUT2D eigenvalue weighted by Gasteiger charge is -2.11. The predicted molar refractivity (Wildman–Crippen MR) is 78.1 cm³/mol. The first kappa shape index (κ1) is 13.2. The van der Waals surface area contributed by atoms with Gasteiger partial charge in [-0.05, 0) is 48.0 Å². The second kappa shape index (κ2) is 4.94. The number of nitrogens with zero attached hydrogens (tertiary/aromatic N) is 2. The smallest absolute Gasteiger partial charge is 0.227 e. The van der Waals surface area contributed by atoms with Gasteiger partial charge in [-0.25, -0.2) is 4.98 Å². The molecule has 0 aliphatic rings. The van der Waals surface area contributed by atoms with Crippen LogP contribution in [0.2, 0.25) is 0 Å². The zero-order chi connectivity index (χ0) is 15.0. The summed E-state index contributed by atoms with van der Waals surface area (Å²) in [5.41, 5.74) is 3.06. The number of carboxylic acid groups (broad SMARTS) is 1. The van der Waals surface area contributed by atoms with Gasteiger partial charge in [-0.15, -0.1) is 0 Å². The highest BCUT2D eigenvalue weighted by Crippen LogP contribution is 2.26. The summed E-state index contributed by atoms with van der Waals surface area (Å²) in [6, 6.07) is 12.3. The maximum Gasteiger partial charge on any atom is 0.227 e. The number of hydrogen-bond donors (Lipinski definition) is 0. The Kier molecular flexibility index (Phi) is 3.10. The van der Waals surface area contributed by atoms with Crippen LogP contribution >= 0.6 is 0 Å². The number of aromatic nitrogens is 1. The van der Waals surface area contributed by atoms with Crippen molar-refractivity contribution >= 4 is 22.8 Å². The number of aromatic carboxylic acids is 1. The van der Waals surface area contributed by atoms with Gasteiger partial charge in [0.2, 0.25) is 5.89 Å². The maximum absolute atomic E-state index is 10.8. The van der Waals surface area contributed by atoms with E-state index in [-0.39, 0.29) is 5.56 Å². The summed E-state index contributed by atoms with van der Waals surface area (Å²) < 4.78 is 5.65. The summed E-state index contributed by atoms with van der Waals surface area (Å²) in [7, 11) is 3.94. The van der Waals surface area contributed by atoms with Gasteiger partial charge in [0.05, 0.1) is 5.97 Å². The molecule has 3 aromatic rings. The predicted octanol–water partition coefficient (Wildman–Crippen LogP) is 1.92. The normalized spacial score (nSPS) is 10.8. The molecule has 0 bridgehead atoms. The minimum absolute atomic E-state index is 0.0882. The molecular weight excluding hydrogens is 268 g/mol. The maximum atomic E-state index is 10.8. The summed E-state index contributed by atoms with van der Waals surface area (Å²) in [5, 5.41) is 10.8. The van der Waals surface area contributed by atoms with Gasteiger partial charge in [-0.2, -0.15) is 0 Å². The highest BCUT2D eigenvalue weighted by Gasteiger charge is 2.09. The second-order valence-corrected chi connectivity index (χ2v) is 4.93. The molecule has 2 aromatic carbocycles. The molecule has 1 aromatic heterocycles. The van der Waals surface area contributed by atoms with Gasteiger partial charge in [-0.1, -0.05) is 0 Å². The molecule has 106 valence electrons. The Morgan fingerprint density at radius 2 is 1.86 bits per heavy atom. The molecule has 0 atom stereocenters. The Morgan fingerprint density at radius 1 is 1.14 bits per heavy atom. The third-order valence-electron chi connectivity index (χ3n) is 3.25. The molecule has 1 heterocycles. The van der Waals surface area contributed by atoms with E-state index in [4.69, 9.17) is 4.42 Å². The molecule has 0 unspecified atom stereocenters. The number of hydrogen-bond acceptors (Lipinski definition) is 5. The fourth-order valence-corrected chi connectivity index (χ4v) is 2.08. The first-order valence-corrected chi connectivity index (χ1v) is 6.44. The Hall–Kier alpha value is -2.82.